The normalized spacial score (nSPS) is 13.5. The Morgan fingerprint density at radius 1 is 0.443 bits per heavy atom. The number of unbranched alkanes of at least 4 members (excludes halogenated alkanes) is 35. The van der Waals surface area contributed by atoms with E-state index in [-0.39, 0.29) is 25.6 Å². The van der Waals surface area contributed by atoms with Gasteiger partial charge in [-0.1, -0.05) is 256 Å². The minimum absolute atomic E-state index is 0.0346. The van der Waals surface area contributed by atoms with Gasteiger partial charge in [0.05, 0.1) is 27.7 Å². The van der Waals surface area contributed by atoms with Gasteiger partial charge in [0, 0.05) is 12.8 Å². The number of ether oxygens (including phenoxy) is 2. The van der Waals surface area contributed by atoms with E-state index >= 15 is 0 Å². The van der Waals surface area contributed by atoms with Crippen molar-refractivity contribution in [1.82, 2.24) is 0 Å². The number of quaternary nitrogens is 1. The lowest BCUT2D eigenvalue weighted by Crippen LogP contribution is -2.37. The molecule has 0 bridgehead atoms. The second kappa shape index (κ2) is 52.1. The molecule has 10 heteroatoms. The first-order chi connectivity index (χ1) is 34.0. The zero-order valence-corrected chi connectivity index (χ0v) is 47.7. The van der Waals surface area contributed by atoms with Crippen molar-refractivity contribution in [2.75, 3.05) is 47.5 Å². The Kier molecular flexibility index (Phi) is 50.8. The summed E-state index contributed by atoms with van der Waals surface area (Å²) in [7, 11) is 1.49. The molecular formula is C60H115NO8P+. The maximum atomic E-state index is 12.7. The number of esters is 2. The minimum atomic E-state index is -4.37. The van der Waals surface area contributed by atoms with Crippen LogP contribution < -0.4 is 0 Å². The van der Waals surface area contributed by atoms with Gasteiger partial charge < -0.3 is 18.9 Å². The van der Waals surface area contributed by atoms with Crippen molar-refractivity contribution in [3.8, 4) is 0 Å². The Balaban J connectivity index is 3.77. The quantitative estimate of drug-likeness (QED) is 0.0211. The molecule has 0 aliphatic rings. The Labute approximate surface area is 433 Å². The average molecular weight is 1010 g/mol. The predicted molar refractivity (Wildman–Crippen MR) is 298 cm³/mol. The van der Waals surface area contributed by atoms with Crippen molar-refractivity contribution in [2.24, 2.45) is 0 Å². The van der Waals surface area contributed by atoms with Crippen LogP contribution in [0.4, 0.5) is 0 Å². The van der Waals surface area contributed by atoms with E-state index in [9.17, 15) is 19.0 Å². The fourth-order valence-corrected chi connectivity index (χ4v) is 9.30. The molecule has 0 radical (unpaired) electrons. The van der Waals surface area contributed by atoms with Gasteiger partial charge in [0.2, 0.25) is 0 Å². The van der Waals surface area contributed by atoms with Crippen LogP contribution in [0.1, 0.15) is 284 Å². The van der Waals surface area contributed by atoms with E-state index in [4.69, 9.17) is 18.5 Å². The average Bonchev–Trinajstić information content (AvgIpc) is 3.32. The van der Waals surface area contributed by atoms with Crippen molar-refractivity contribution >= 4 is 19.8 Å². The number of carbonyl (C=O) groups excluding carboxylic acids is 2. The number of likely N-dealkylation sites (N-methyl/N-ethyl adjacent to an activating group) is 1. The van der Waals surface area contributed by atoms with Gasteiger partial charge in [0.15, 0.2) is 6.10 Å². The molecule has 1 N–H and O–H groups in total. The van der Waals surface area contributed by atoms with Crippen LogP contribution in [0.25, 0.3) is 0 Å². The van der Waals surface area contributed by atoms with Crippen LogP contribution in [-0.2, 0) is 32.7 Å². The van der Waals surface area contributed by atoms with E-state index in [1.807, 2.05) is 21.1 Å². The maximum absolute atomic E-state index is 12.7. The molecule has 0 aromatic carbocycles. The van der Waals surface area contributed by atoms with Gasteiger partial charge in [-0.2, -0.15) is 0 Å². The van der Waals surface area contributed by atoms with E-state index in [0.29, 0.717) is 23.9 Å². The second-order valence-corrected chi connectivity index (χ2v) is 22.8. The predicted octanol–water partition coefficient (Wildman–Crippen LogP) is 18.4. The van der Waals surface area contributed by atoms with Crippen LogP contribution in [0.5, 0.6) is 0 Å². The standard InChI is InChI=1S/C60H114NO8P/c1-6-8-10-12-14-15-16-17-18-19-20-21-22-23-24-25-26-27-28-29-30-31-32-33-34-35-36-37-38-39-40-41-42-43-44-45-47-49-51-53-60(63)69-58(57-68-70(64,65)67-55-54-61(3,4)5)56-66-59(62)52-50-48-46-13-11-9-7-2/h16-17,19-20,22-23,58H,6-15,18,21,24-57H2,1-5H3/p+1/b17-16-,20-19-,23-22-. The van der Waals surface area contributed by atoms with E-state index in [2.05, 4.69) is 50.3 Å². The molecule has 9 nitrogen and oxygen atoms in total. The zero-order chi connectivity index (χ0) is 51.3. The largest absolute Gasteiger partial charge is 0.472 e. The first-order valence-electron chi connectivity index (χ1n) is 29.7. The molecule has 0 saturated carbocycles. The van der Waals surface area contributed by atoms with E-state index in [0.717, 1.165) is 44.9 Å². The Hall–Kier alpha value is -1.77. The molecule has 2 unspecified atom stereocenters. The lowest BCUT2D eigenvalue weighted by atomic mass is 10.0. The third-order valence-corrected chi connectivity index (χ3v) is 14.2. The molecule has 0 spiro atoms. The van der Waals surface area contributed by atoms with Gasteiger partial charge in [-0.3, -0.25) is 18.6 Å². The summed E-state index contributed by atoms with van der Waals surface area (Å²) in [6.07, 6.45) is 64.2. The number of allylic oxidation sites excluding steroid dienone is 6. The van der Waals surface area contributed by atoms with Crippen molar-refractivity contribution < 1.29 is 42.1 Å². The molecule has 0 aliphatic heterocycles. The molecular weight excluding hydrogens is 894 g/mol. The molecule has 0 aromatic heterocycles. The molecule has 0 rings (SSSR count). The number of nitrogens with zero attached hydrogens (tertiary/aromatic N) is 1. The van der Waals surface area contributed by atoms with E-state index < -0.39 is 26.5 Å². The topological polar surface area (TPSA) is 108 Å². The maximum Gasteiger partial charge on any atom is 0.472 e. The number of rotatable bonds is 55. The summed E-state index contributed by atoms with van der Waals surface area (Å²) in [5, 5.41) is 0. The van der Waals surface area contributed by atoms with Gasteiger partial charge in [-0.05, 0) is 51.4 Å². The Morgan fingerprint density at radius 3 is 1.14 bits per heavy atom. The number of hydrogen-bond acceptors (Lipinski definition) is 7. The van der Waals surface area contributed by atoms with Crippen LogP contribution in [-0.4, -0.2) is 74.9 Å². The van der Waals surface area contributed by atoms with Crippen LogP contribution in [0.15, 0.2) is 36.5 Å². The zero-order valence-electron chi connectivity index (χ0n) is 46.8. The van der Waals surface area contributed by atoms with Crippen LogP contribution in [0.3, 0.4) is 0 Å². The molecule has 0 amide bonds. The highest BCUT2D eigenvalue weighted by molar-refractivity contribution is 7.47. The summed E-state index contributed by atoms with van der Waals surface area (Å²) in [4.78, 5) is 35.3. The first kappa shape index (κ1) is 68.2. The molecule has 70 heavy (non-hydrogen) atoms. The number of hydrogen-bond donors (Lipinski definition) is 1. The molecule has 0 fully saturated rings. The molecule has 0 heterocycles. The Bertz CT molecular complexity index is 1280. The highest BCUT2D eigenvalue weighted by atomic mass is 31.2. The van der Waals surface area contributed by atoms with Gasteiger partial charge >= 0.3 is 19.8 Å². The fourth-order valence-electron chi connectivity index (χ4n) is 8.55. The molecule has 0 saturated heterocycles. The van der Waals surface area contributed by atoms with Gasteiger partial charge in [0.1, 0.15) is 19.8 Å². The smallest absolute Gasteiger partial charge is 0.462 e. The number of phosphoric ester groups is 1. The van der Waals surface area contributed by atoms with E-state index in [1.165, 1.54) is 205 Å². The highest BCUT2D eigenvalue weighted by Crippen LogP contribution is 2.43. The van der Waals surface area contributed by atoms with Gasteiger partial charge in [-0.15, -0.1) is 0 Å². The van der Waals surface area contributed by atoms with Crippen molar-refractivity contribution in [3.05, 3.63) is 36.5 Å². The highest BCUT2D eigenvalue weighted by Gasteiger charge is 2.27. The van der Waals surface area contributed by atoms with Gasteiger partial charge in [-0.25, -0.2) is 4.57 Å². The van der Waals surface area contributed by atoms with Crippen LogP contribution in [0, 0.1) is 0 Å². The molecule has 2 atom stereocenters. The summed E-state index contributed by atoms with van der Waals surface area (Å²) in [6, 6.07) is 0. The summed E-state index contributed by atoms with van der Waals surface area (Å²) < 4.78 is 34.3. The summed E-state index contributed by atoms with van der Waals surface area (Å²) in [5.74, 6) is -0.792. The minimum Gasteiger partial charge on any atom is -0.462 e. The van der Waals surface area contributed by atoms with Crippen LogP contribution in [0.2, 0.25) is 0 Å². The fraction of sp³-hybridized carbons (Fsp3) is 0.867. The summed E-state index contributed by atoms with van der Waals surface area (Å²) >= 11 is 0. The third kappa shape index (κ3) is 55.5. The summed E-state index contributed by atoms with van der Waals surface area (Å²) in [5.41, 5.74) is 0. The first-order valence-corrected chi connectivity index (χ1v) is 31.2. The third-order valence-electron chi connectivity index (χ3n) is 13.2. The Morgan fingerprint density at radius 2 is 0.771 bits per heavy atom. The molecule has 0 aromatic rings. The van der Waals surface area contributed by atoms with Gasteiger partial charge in [0.25, 0.3) is 0 Å². The monoisotopic (exact) mass is 1010 g/mol. The molecule has 0 aliphatic carbocycles. The number of carbonyl (C=O) groups is 2. The lowest BCUT2D eigenvalue weighted by molar-refractivity contribution is -0.870. The molecule has 412 valence electrons. The SMILES string of the molecule is CCCCCCC/C=C\C/C=C\C/C=C\CCCCCCCCCCCCCCCCCCCCCCCCCCC(=O)OC(COC(=O)CCCCCCCCC)COP(=O)(O)OCC[N+](C)(C)C. The van der Waals surface area contributed by atoms with Crippen molar-refractivity contribution in [1.29, 1.82) is 0 Å². The van der Waals surface area contributed by atoms with Crippen molar-refractivity contribution in [2.45, 2.75) is 290 Å². The van der Waals surface area contributed by atoms with Crippen LogP contribution >= 0.6 is 7.82 Å². The lowest BCUT2D eigenvalue weighted by Gasteiger charge is -2.24. The van der Waals surface area contributed by atoms with Crippen molar-refractivity contribution in [3.63, 3.8) is 0 Å². The second-order valence-electron chi connectivity index (χ2n) is 21.4. The van der Waals surface area contributed by atoms with E-state index in [1.54, 1.807) is 0 Å². The number of phosphoric acid groups is 1. The summed E-state index contributed by atoms with van der Waals surface area (Å²) in [6.45, 7) is 4.39.